The Kier molecular flexibility index (Phi) is 3.98. The standard InChI is InChI=1S/C14H13F3N2O/c15-10-6-9(7-11(16)12(10)17)13(20)19-14(8-18)4-2-1-3-5-14/h6-7H,1-5H2,(H,19,20). The Hall–Kier alpha value is -2.03. The molecule has 0 bridgehead atoms. The van der Waals surface area contributed by atoms with Crippen LogP contribution in [0.4, 0.5) is 13.2 Å². The van der Waals surface area contributed by atoms with Gasteiger partial charge in [-0.3, -0.25) is 4.79 Å². The number of halogens is 3. The van der Waals surface area contributed by atoms with Crippen molar-refractivity contribution in [3.8, 4) is 6.07 Å². The maximum absolute atomic E-state index is 13.1. The number of nitrogens with one attached hydrogen (secondary N) is 1. The van der Waals surface area contributed by atoms with Crippen LogP contribution < -0.4 is 5.32 Å². The zero-order valence-corrected chi connectivity index (χ0v) is 10.7. The summed E-state index contributed by atoms with van der Waals surface area (Å²) in [5.74, 6) is -5.24. The lowest BCUT2D eigenvalue weighted by Crippen LogP contribution is -2.48. The molecule has 1 aliphatic carbocycles. The molecule has 1 aliphatic rings. The number of amides is 1. The average molecular weight is 282 g/mol. The van der Waals surface area contributed by atoms with Crippen molar-refractivity contribution in [1.82, 2.24) is 5.32 Å². The number of hydrogen-bond acceptors (Lipinski definition) is 2. The van der Waals surface area contributed by atoms with Crippen LogP contribution in [-0.4, -0.2) is 11.4 Å². The van der Waals surface area contributed by atoms with Crippen molar-refractivity contribution in [2.45, 2.75) is 37.6 Å². The van der Waals surface area contributed by atoms with E-state index in [0.29, 0.717) is 25.0 Å². The number of nitrogens with zero attached hydrogens (tertiary/aromatic N) is 1. The summed E-state index contributed by atoms with van der Waals surface area (Å²) in [5.41, 5.74) is -1.34. The molecule has 1 aromatic rings. The highest BCUT2D eigenvalue weighted by Crippen LogP contribution is 2.28. The van der Waals surface area contributed by atoms with E-state index in [-0.39, 0.29) is 5.56 Å². The first-order valence-electron chi connectivity index (χ1n) is 6.36. The van der Waals surface area contributed by atoms with Crippen LogP contribution in [-0.2, 0) is 0 Å². The topological polar surface area (TPSA) is 52.9 Å². The summed E-state index contributed by atoms with van der Waals surface area (Å²) >= 11 is 0. The van der Waals surface area contributed by atoms with E-state index >= 15 is 0 Å². The molecular weight excluding hydrogens is 269 g/mol. The Morgan fingerprint density at radius 2 is 1.70 bits per heavy atom. The number of rotatable bonds is 2. The zero-order chi connectivity index (χ0) is 14.8. The molecule has 1 saturated carbocycles. The molecule has 0 spiro atoms. The van der Waals surface area contributed by atoms with Gasteiger partial charge in [0, 0.05) is 5.56 Å². The molecule has 0 aliphatic heterocycles. The smallest absolute Gasteiger partial charge is 0.252 e. The summed E-state index contributed by atoms with van der Waals surface area (Å²) in [7, 11) is 0. The van der Waals surface area contributed by atoms with Gasteiger partial charge in [-0.05, 0) is 25.0 Å². The first kappa shape index (κ1) is 14.4. The van der Waals surface area contributed by atoms with E-state index in [0.717, 1.165) is 19.3 Å². The molecule has 1 N–H and O–H groups in total. The fraction of sp³-hybridized carbons (Fsp3) is 0.429. The van der Waals surface area contributed by atoms with Crippen LogP contribution in [0.25, 0.3) is 0 Å². The van der Waals surface area contributed by atoms with E-state index in [1.54, 1.807) is 0 Å². The SMILES string of the molecule is N#CC1(NC(=O)c2cc(F)c(F)c(F)c2)CCCCC1. The van der Waals surface area contributed by atoms with Gasteiger partial charge in [0.15, 0.2) is 17.5 Å². The highest BCUT2D eigenvalue weighted by atomic mass is 19.2. The lowest BCUT2D eigenvalue weighted by molar-refractivity contribution is 0.0901. The number of carbonyl (C=O) groups is 1. The van der Waals surface area contributed by atoms with Crippen molar-refractivity contribution in [2.24, 2.45) is 0 Å². The molecule has 20 heavy (non-hydrogen) atoms. The predicted octanol–water partition coefficient (Wildman–Crippen LogP) is 3.06. The van der Waals surface area contributed by atoms with E-state index in [1.165, 1.54) is 0 Å². The second kappa shape index (κ2) is 5.53. The Morgan fingerprint density at radius 3 is 2.20 bits per heavy atom. The van der Waals surface area contributed by atoms with Gasteiger partial charge < -0.3 is 5.32 Å². The molecule has 6 heteroatoms. The van der Waals surface area contributed by atoms with E-state index in [4.69, 9.17) is 0 Å². The van der Waals surface area contributed by atoms with Crippen LogP contribution in [0.3, 0.4) is 0 Å². The maximum Gasteiger partial charge on any atom is 0.252 e. The molecule has 2 rings (SSSR count). The third-order valence-corrected chi connectivity index (χ3v) is 3.52. The lowest BCUT2D eigenvalue weighted by Gasteiger charge is -2.31. The zero-order valence-electron chi connectivity index (χ0n) is 10.7. The van der Waals surface area contributed by atoms with Crippen LogP contribution in [0.15, 0.2) is 12.1 Å². The Balaban J connectivity index is 2.22. The molecular formula is C14H13F3N2O. The minimum Gasteiger partial charge on any atom is -0.334 e. The molecule has 0 aromatic heterocycles. The summed E-state index contributed by atoms with van der Waals surface area (Å²) in [5, 5.41) is 11.7. The molecule has 0 saturated heterocycles. The molecule has 3 nitrogen and oxygen atoms in total. The van der Waals surface area contributed by atoms with Crippen molar-refractivity contribution < 1.29 is 18.0 Å². The first-order chi connectivity index (χ1) is 9.47. The van der Waals surface area contributed by atoms with Gasteiger partial charge in [-0.15, -0.1) is 0 Å². The van der Waals surface area contributed by atoms with Gasteiger partial charge >= 0.3 is 0 Å². The monoisotopic (exact) mass is 282 g/mol. The minimum absolute atomic E-state index is 0.332. The molecule has 0 heterocycles. The van der Waals surface area contributed by atoms with Crippen LogP contribution >= 0.6 is 0 Å². The molecule has 0 unspecified atom stereocenters. The predicted molar refractivity (Wildman–Crippen MR) is 65.2 cm³/mol. The Bertz CT molecular complexity index is 551. The number of nitriles is 1. The lowest BCUT2D eigenvalue weighted by atomic mass is 9.82. The van der Waals surface area contributed by atoms with Crippen LogP contribution in [0.2, 0.25) is 0 Å². The third kappa shape index (κ3) is 2.77. The number of hydrogen-bond donors (Lipinski definition) is 1. The number of benzene rings is 1. The summed E-state index contributed by atoms with van der Waals surface area (Å²) in [6.07, 6.45) is 3.60. The Morgan fingerprint density at radius 1 is 1.15 bits per heavy atom. The van der Waals surface area contributed by atoms with Crippen molar-refractivity contribution in [2.75, 3.05) is 0 Å². The molecule has 1 amide bonds. The van der Waals surface area contributed by atoms with E-state index in [2.05, 4.69) is 11.4 Å². The highest BCUT2D eigenvalue weighted by Gasteiger charge is 2.34. The quantitative estimate of drug-likeness (QED) is 0.847. The van der Waals surface area contributed by atoms with E-state index in [9.17, 15) is 23.2 Å². The molecule has 1 fully saturated rings. The fourth-order valence-corrected chi connectivity index (χ4v) is 2.40. The van der Waals surface area contributed by atoms with Crippen LogP contribution in [0.1, 0.15) is 42.5 Å². The van der Waals surface area contributed by atoms with Gasteiger partial charge in [-0.25, -0.2) is 13.2 Å². The molecule has 0 atom stereocenters. The van der Waals surface area contributed by atoms with Gasteiger partial charge in [0.1, 0.15) is 5.54 Å². The fourth-order valence-electron chi connectivity index (χ4n) is 2.40. The van der Waals surface area contributed by atoms with Gasteiger partial charge in [-0.1, -0.05) is 19.3 Å². The largest absolute Gasteiger partial charge is 0.334 e. The van der Waals surface area contributed by atoms with E-state index in [1.807, 2.05) is 0 Å². The summed E-state index contributed by atoms with van der Waals surface area (Å²) in [4.78, 5) is 12.0. The van der Waals surface area contributed by atoms with Gasteiger partial charge in [0.25, 0.3) is 5.91 Å². The van der Waals surface area contributed by atoms with Gasteiger partial charge in [-0.2, -0.15) is 5.26 Å². The molecule has 106 valence electrons. The molecule has 0 radical (unpaired) electrons. The second-order valence-corrected chi connectivity index (χ2v) is 4.96. The number of carbonyl (C=O) groups excluding carboxylic acids is 1. The summed E-state index contributed by atoms with van der Waals surface area (Å²) < 4.78 is 39.0. The normalized spacial score (nSPS) is 17.3. The van der Waals surface area contributed by atoms with Crippen LogP contribution in [0.5, 0.6) is 0 Å². The summed E-state index contributed by atoms with van der Waals surface area (Å²) in [6.45, 7) is 0. The second-order valence-electron chi connectivity index (χ2n) is 4.96. The van der Waals surface area contributed by atoms with Crippen molar-refractivity contribution >= 4 is 5.91 Å². The van der Waals surface area contributed by atoms with Crippen LogP contribution in [0, 0.1) is 28.8 Å². The van der Waals surface area contributed by atoms with Crippen molar-refractivity contribution in [1.29, 1.82) is 5.26 Å². The highest BCUT2D eigenvalue weighted by molar-refractivity contribution is 5.95. The minimum atomic E-state index is -1.62. The van der Waals surface area contributed by atoms with Crippen molar-refractivity contribution in [3.63, 3.8) is 0 Å². The van der Waals surface area contributed by atoms with Gasteiger partial charge in [0.2, 0.25) is 0 Å². The van der Waals surface area contributed by atoms with E-state index < -0.39 is 28.9 Å². The van der Waals surface area contributed by atoms with Gasteiger partial charge in [0.05, 0.1) is 6.07 Å². The first-order valence-corrected chi connectivity index (χ1v) is 6.36. The maximum atomic E-state index is 13.1. The van der Waals surface area contributed by atoms with Crippen molar-refractivity contribution in [3.05, 3.63) is 35.1 Å². The molecule has 1 aromatic carbocycles. The Labute approximate surface area is 114 Å². The average Bonchev–Trinajstić information content (AvgIpc) is 2.45. The summed E-state index contributed by atoms with van der Waals surface area (Å²) in [6, 6.07) is 3.32. The third-order valence-electron chi connectivity index (χ3n) is 3.52.